The summed E-state index contributed by atoms with van der Waals surface area (Å²) in [5, 5.41) is 11.5. The van der Waals surface area contributed by atoms with Crippen molar-refractivity contribution < 1.29 is 19.1 Å². The van der Waals surface area contributed by atoms with Gasteiger partial charge in [-0.25, -0.2) is 4.39 Å². The molecule has 6 heteroatoms. The molecule has 116 valence electrons. The van der Waals surface area contributed by atoms with E-state index in [0.717, 1.165) is 12.0 Å². The minimum absolute atomic E-state index is 0.0730. The van der Waals surface area contributed by atoms with E-state index in [1.54, 1.807) is 17.0 Å². The number of carboxylic acid groups (broad SMARTS) is 1. The molecule has 0 bridgehead atoms. The van der Waals surface area contributed by atoms with Crippen LogP contribution in [0.4, 0.5) is 4.39 Å². The van der Waals surface area contributed by atoms with Crippen molar-refractivity contribution in [1.29, 1.82) is 0 Å². The van der Waals surface area contributed by atoms with Crippen molar-refractivity contribution >= 4 is 11.9 Å². The highest BCUT2D eigenvalue weighted by Crippen LogP contribution is 2.02. The molecule has 0 spiro atoms. The molecule has 0 fully saturated rings. The summed E-state index contributed by atoms with van der Waals surface area (Å²) >= 11 is 0. The fourth-order valence-corrected chi connectivity index (χ4v) is 1.98. The van der Waals surface area contributed by atoms with Gasteiger partial charge in [0.1, 0.15) is 5.82 Å². The Morgan fingerprint density at radius 3 is 2.48 bits per heavy atom. The van der Waals surface area contributed by atoms with E-state index in [2.05, 4.69) is 5.32 Å². The van der Waals surface area contributed by atoms with E-state index in [4.69, 9.17) is 5.11 Å². The maximum atomic E-state index is 12.7. The zero-order valence-corrected chi connectivity index (χ0v) is 12.1. The number of amides is 1. The predicted molar refractivity (Wildman–Crippen MR) is 77.5 cm³/mol. The summed E-state index contributed by atoms with van der Waals surface area (Å²) < 4.78 is 12.7. The van der Waals surface area contributed by atoms with E-state index < -0.39 is 5.97 Å². The van der Waals surface area contributed by atoms with Crippen molar-refractivity contribution in [3.8, 4) is 0 Å². The van der Waals surface area contributed by atoms with Crippen LogP contribution in [0.25, 0.3) is 0 Å². The van der Waals surface area contributed by atoms with Gasteiger partial charge in [0.25, 0.3) is 0 Å². The molecule has 1 aromatic rings. The number of hydrogen-bond acceptors (Lipinski definition) is 3. The van der Waals surface area contributed by atoms with Gasteiger partial charge < -0.3 is 10.4 Å². The molecule has 1 rings (SSSR count). The summed E-state index contributed by atoms with van der Waals surface area (Å²) in [7, 11) is 0. The molecule has 0 saturated heterocycles. The Bertz CT molecular complexity index is 462. The summed E-state index contributed by atoms with van der Waals surface area (Å²) in [6.45, 7) is 2.87. The summed E-state index contributed by atoms with van der Waals surface area (Å²) in [6, 6.07) is 6.12. The third-order valence-electron chi connectivity index (χ3n) is 2.92. The van der Waals surface area contributed by atoms with E-state index in [1.807, 2.05) is 6.92 Å². The summed E-state index contributed by atoms with van der Waals surface area (Å²) in [4.78, 5) is 24.0. The zero-order valence-electron chi connectivity index (χ0n) is 12.1. The predicted octanol–water partition coefficient (Wildman–Crippen LogP) is 1.28. The van der Waals surface area contributed by atoms with Crippen LogP contribution in [0.1, 0.15) is 18.9 Å². The lowest BCUT2D eigenvalue weighted by Gasteiger charge is -2.18. The number of carboxylic acids is 1. The van der Waals surface area contributed by atoms with Crippen molar-refractivity contribution in [2.75, 3.05) is 26.2 Å². The molecule has 1 aromatic carbocycles. The van der Waals surface area contributed by atoms with Gasteiger partial charge in [-0.3, -0.25) is 14.5 Å². The van der Waals surface area contributed by atoms with Gasteiger partial charge >= 0.3 is 5.97 Å². The lowest BCUT2D eigenvalue weighted by molar-refractivity contribution is -0.138. The van der Waals surface area contributed by atoms with E-state index >= 15 is 0 Å². The molecule has 21 heavy (non-hydrogen) atoms. The van der Waals surface area contributed by atoms with Gasteiger partial charge in [0.15, 0.2) is 0 Å². The molecule has 0 unspecified atom stereocenters. The number of carbonyl (C=O) groups excluding carboxylic acids is 1. The first-order chi connectivity index (χ1) is 10.0. The average molecular weight is 296 g/mol. The van der Waals surface area contributed by atoms with Gasteiger partial charge in [-0.2, -0.15) is 0 Å². The fourth-order valence-electron chi connectivity index (χ4n) is 1.98. The molecule has 0 atom stereocenters. The van der Waals surface area contributed by atoms with Gasteiger partial charge in [-0.1, -0.05) is 19.1 Å². The molecular formula is C15H21FN2O3. The third-order valence-corrected chi connectivity index (χ3v) is 2.92. The molecular weight excluding hydrogens is 275 g/mol. The number of halogens is 1. The van der Waals surface area contributed by atoms with E-state index in [9.17, 15) is 14.0 Å². The Morgan fingerprint density at radius 1 is 1.24 bits per heavy atom. The monoisotopic (exact) mass is 296 g/mol. The minimum atomic E-state index is -0.942. The van der Waals surface area contributed by atoms with Gasteiger partial charge in [0.2, 0.25) is 5.91 Å². The highest BCUT2D eigenvalue weighted by Gasteiger charge is 2.12. The number of nitrogens with one attached hydrogen (secondary N) is 1. The van der Waals surface area contributed by atoms with Gasteiger partial charge in [-0.05, 0) is 37.1 Å². The standard InChI is InChI=1S/C15H21FN2O3/c1-2-9-18(11-15(20)21)10-14(19)17-8-7-12-3-5-13(16)6-4-12/h3-6H,2,7-11H2,1H3,(H,17,19)(H,20,21). The van der Waals surface area contributed by atoms with Crippen LogP contribution in [0.3, 0.4) is 0 Å². The average Bonchev–Trinajstić information content (AvgIpc) is 2.40. The Balaban J connectivity index is 2.31. The molecule has 1 amide bonds. The Kier molecular flexibility index (Phi) is 7.39. The van der Waals surface area contributed by atoms with Crippen LogP contribution >= 0.6 is 0 Å². The van der Waals surface area contributed by atoms with Crippen molar-refractivity contribution in [2.24, 2.45) is 0 Å². The quantitative estimate of drug-likeness (QED) is 0.720. The lowest BCUT2D eigenvalue weighted by Crippen LogP contribution is -2.40. The largest absolute Gasteiger partial charge is 0.480 e. The van der Waals surface area contributed by atoms with Crippen molar-refractivity contribution in [3.05, 3.63) is 35.6 Å². The number of aliphatic carboxylic acids is 1. The highest BCUT2D eigenvalue weighted by molar-refractivity contribution is 5.79. The minimum Gasteiger partial charge on any atom is -0.480 e. The first-order valence-electron chi connectivity index (χ1n) is 6.96. The maximum absolute atomic E-state index is 12.7. The van der Waals surface area contributed by atoms with Crippen molar-refractivity contribution in [1.82, 2.24) is 10.2 Å². The topological polar surface area (TPSA) is 69.6 Å². The Labute approximate surface area is 123 Å². The lowest BCUT2D eigenvalue weighted by atomic mass is 10.1. The Hall–Kier alpha value is -1.95. The van der Waals surface area contributed by atoms with Crippen LogP contribution in [0.2, 0.25) is 0 Å². The normalized spacial score (nSPS) is 10.6. The molecule has 0 aliphatic heterocycles. The first kappa shape index (κ1) is 17.1. The third kappa shape index (κ3) is 7.41. The smallest absolute Gasteiger partial charge is 0.317 e. The number of rotatable bonds is 9. The second kappa shape index (κ2) is 9.07. The number of hydrogen-bond donors (Lipinski definition) is 2. The maximum Gasteiger partial charge on any atom is 0.317 e. The summed E-state index contributed by atoms with van der Waals surface area (Å²) in [6.07, 6.45) is 1.40. The molecule has 2 N–H and O–H groups in total. The second-order valence-corrected chi connectivity index (χ2v) is 4.83. The van der Waals surface area contributed by atoms with Crippen LogP contribution < -0.4 is 5.32 Å². The number of carbonyl (C=O) groups is 2. The van der Waals surface area contributed by atoms with Crippen LogP contribution in [0.5, 0.6) is 0 Å². The van der Waals surface area contributed by atoms with E-state index in [-0.39, 0.29) is 24.8 Å². The first-order valence-corrected chi connectivity index (χ1v) is 6.96. The van der Waals surface area contributed by atoms with E-state index in [1.165, 1.54) is 12.1 Å². The fraction of sp³-hybridized carbons (Fsp3) is 0.467. The highest BCUT2D eigenvalue weighted by atomic mass is 19.1. The van der Waals surface area contributed by atoms with Gasteiger partial charge in [0.05, 0.1) is 13.1 Å². The van der Waals surface area contributed by atoms with E-state index in [0.29, 0.717) is 19.5 Å². The molecule has 0 aliphatic carbocycles. The van der Waals surface area contributed by atoms with Gasteiger partial charge in [0, 0.05) is 6.54 Å². The molecule has 0 aromatic heterocycles. The van der Waals surface area contributed by atoms with Crippen molar-refractivity contribution in [2.45, 2.75) is 19.8 Å². The van der Waals surface area contributed by atoms with Gasteiger partial charge in [-0.15, -0.1) is 0 Å². The molecule has 0 heterocycles. The molecule has 0 aliphatic rings. The van der Waals surface area contributed by atoms with Crippen LogP contribution in [-0.2, 0) is 16.0 Å². The van der Waals surface area contributed by atoms with Crippen molar-refractivity contribution in [3.63, 3.8) is 0 Å². The SMILES string of the molecule is CCCN(CC(=O)O)CC(=O)NCCc1ccc(F)cc1. The molecule has 5 nitrogen and oxygen atoms in total. The second-order valence-electron chi connectivity index (χ2n) is 4.83. The Morgan fingerprint density at radius 2 is 1.90 bits per heavy atom. The van der Waals surface area contributed by atoms with Crippen LogP contribution in [-0.4, -0.2) is 48.1 Å². The molecule has 0 radical (unpaired) electrons. The number of benzene rings is 1. The summed E-state index contributed by atoms with van der Waals surface area (Å²) in [5.41, 5.74) is 0.938. The van der Waals surface area contributed by atoms with Crippen LogP contribution in [0.15, 0.2) is 24.3 Å². The zero-order chi connectivity index (χ0) is 15.7. The molecule has 0 saturated carbocycles. The number of nitrogens with zero attached hydrogens (tertiary/aromatic N) is 1. The van der Waals surface area contributed by atoms with Crippen LogP contribution in [0, 0.1) is 5.82 Å². The summed E-state index contributed by atoms with van der Waals surface area (Å²) in [5.74, 6) is -1.43.